The van der Waals surface area contributed by atoms with Gasteiger partial charge in [0.1, 0.15) is 0 Å². The van der Waals surface area contributed by atoms with E-state index in [-0.39, 0.29) is 4.32 Å². The summed E-state index contributed by atoms with van der Waals surface area (Å²) >= 11 is 6.36. The maximum absolute atomic E-state index is 12.9. The number of carbonyl (C=O) groups excluding carboxylic acids is 2. The number of thioether (sulfide) groups is 1. The fraction of sp³-hybridized carbons (Fsp3) is 0.250. The number of hydrazine groups is 1. The number of benzene rings is 2. The smallest absolute Gasteiger partial charge is 0.344 e. The van der Waals surface area contributed by atoms with E-state index >= 15 is 0 Å². The van der Waals surface area contributed by atoms with E-state index in [2.05, 4.69) is 5.43 Å². The molecule has 2 amide bonds. The number of aryl methyl sites for hydroxylation is 1. The highest BCUT2D eigenvalue weighted by Gasteiger charge is 2.34. The summed E-state index contributed by atoms with van der Waals surface area (Å²) in [6.45, 7) is 5.67. The molecule has 0 saturated carbocycles. The van der Waals surface area contributed by atoms with E-state index in [1.807, 2.05) is 19.1 Å². The number of nitrogens with zero attached hydrogens (tertiary/aromatic N) is 1. The molecule has 8 nitrogen and oxygen atoms in total. The van der Waals surface area contributed by atoms with Crippen LogP contribution in [0.2, 0.25) is 0 Å². The van der Waals surface area contributed by atoms with Crippen LogP contribution in [-0.2, 0) is 9.59 Å². The number of rotatable bonds is 9. The lowest BCUT2D eigenvalue weighted by atomic mass is 10.1. The second-order valence-electron chi connectivity index (χ2n) is 7.27. The molecule has 3 rings (SSSR count). The maximum Gasteiger partial charge on any atom is 0.344 e. The molecule has 1 heterocycles. The van der Waals surface area contributed by atoms with Crippen LogP contribution in [0.15, 0.2) is 47.4 Å². The first-order chi connectivity index (χ1) is 16.2. The first-order valence-corrected chi connectivity index (χ1v) is 11.8. The third kappa shape index (κ3) is 5.75. The Bertz CT molecular complexity index is 1160. The van der Waals surface area contributed by atoms with E-state index < -0.39 is 23.9 Å². The summed E-state index contributed by atoms with van der Waals surface area (Å²) in [5, 5.41) is 10.3. The van der Waals surface area contributed by atoms with Gasteiger partial charge in [-0.05, 0) is 67.9 Å². The monoisotopic (exact) mass is 500 g/mol. The van der Waals surface area contributed by atoms with Crippen molar-refractivity contribution in [2.24, 2.45) is 0 Å². The Hall–Kier alpha value is -3.37. The number of carbonyl (C=O) groups is 3. The molecule has 2 N–H and O–H groups in total. The van der Waals surface area contributed by atoms with Gasteiger partial charge in [0.15, 0.2) is 21.9 Å². The predicted molar refractivity (Wildman–Crippen MR) is 134 cm³/mol. The van der Waals surface area contributed by atoms with Gasteiger partial charge in [0.25, 0.3) is 11.8 Å². The van der Waals surface area contributed by atoms with Gasteiger partial charge in [-0.3, -0.25) is 15.0 Å². The molecule has 34 heavy (non-hydrogen) atoms. The molecule has 1 unspecified atom stereocenters. The summed E-state index contributed by atoms with van der Waals surface area (Å²) in [7, 11) is 0. The molecule has 1 saturated heterocycles. The van der Waals surface area contributed by atoms with Gasteiger partial charge < -0.3 is 14.6 Å². The van der Waals surface area contributed by atoms with Gasteiger partial charge in [0.2, 0.25) is 0 Å². The molecule has 10 heteroatoms. The Morgan fingerprint density at radius 2 is 1.94 bits per heavy atom. The molecular formula is C24H24N2O6S2. The fourth-order valence-corrected chi connectivity index (χ4v) is 4.33. The summed E-state index contributed by atoms with van der Waals surface area (Å²) in [6.07, 6.45) is 0.914. The second kappa shape index (κ2) is 11.2. The summed E-state index contributed by atoms with van der Waals surface area (Å²) in [4.78, 5) is 37.2. The molecular weight excluding hydrogens is 476 g/mol. The molecule has 0 aliphatic carbocycles. The van der Waals surface area contributed by atoms with Gasteiger partial charge in [-0.2, -0.15) is 5.01 Å². The second-order valence-corrected chi connectivity index (χ2v) is 8.94. The van der Waals surface area contributed by atoms with Gasteiger partial charge in [0.05, 0.1) is 11.5 Å². The molecule has 2 aromatic carbocycles. The number of aliphatic carboxylic acids is 1. The van der Waals surface area contributed by atoms with Crippen LogP contribution in [0.1, 0.15) is 41.8 Å². The number of amides is 2. The molecule has 0 aromatic heterocycles. The Morgan fingerprint density at radius 3 is 2.59 bits per heavy atom. The number of hydrogen-bond acceptors (Lipinski definition) is 7. The lowest BCUT2D eigenvalue weighted by Crippen LogP contribution is -2.45. The van der Waals surface area contributed by atoms with Crippen LogP contribution < -0.4 is 14.9 Å². The molecule has 178 valence electrons. The van der Waals surface area contributed by atoms with Crippen molar-refractivity contribution in [3.05, 3.63) is 64.1 Å². The van der Waals surface area contributed by atoms with E-state index in [0.717, 1.165) is 22.3 Å². The van der Waals surface area contributed by atoms with Crippen LogP contribution in [0, 0.1) is 6.92 Å². The van der Waals surface area contributed by atoms with Crippen LogP contribution in [0.25, 0.3) is 6.08 Å². The van der Waals surface area contributed by atoms with Crippen molar-refractivity contribution in [1.29, 1.82) is 0 Å². The highest BCUT2D eigenvalue weighted by atomic mass is 32.2. The van der Waals surface area contributed by atoms with Gasteiger partial charge >= 0.3 is 5.97 Å². The van der Waals surface area contributed by atoms with Crippen molar-refractivity contribution < 1.29 is 29.0 Å². The predicted octanol–water partition coefficient (Wildman–Crippen LogP) is 4.18. The molecule has 0 radical (unpaired) electrons. The molecule has 0 spiro atoms. The Balaban J connectivity index is 1.81. The van der Waals surface area contributed by atoms with Crippen LogP contribution in [0.4, 0.5) is 0 Å². The first-order valence-electron chi connectivity index (χ1n) is 10.6. The van der Waals surface area contributed by atoms with E-state index in [1.54, 1.807) is 50.3 Å². The fourth-order valence-electron chi connectivity index (χ4n) is 3.15. The molecule has 1 fully saturated rings. The maximum atomic E-state index is 12.9. The summed E-state index contributed by atoms with van der Waals surface area (Å²) in [5.41, 5.74) is 4.43. The van der Waals surface area contributed by atoms with Crippen molar-refractivity contribution in [2.45, 2.75) is 33.3 Å². The normalized spacial score (nSPS) is 15.4. The van der Waals surface area contributed by atoms with Crippen molar-refractivity contribution in [3.63, 3.8) is 0 Å². The Kier molecular flexibility index (Phi) is 8.30. The third-order valence-electron chi connectivity index (χ3n) is 4.88. The average Bonchev–Trinajstić information content (AvgIpc) is 3.06. The van der Waals surface area contributed by atoms with Crippen molar-refractivity contribution in [1.82, 2.24) is 10.4 Å². The number of carboxylic acids is 1. The molecule has 0 bridgehead atoms. The van der Waals surface area contributed by atoms with Gasteiger partial charge in [0, 0.05) is 5.56 Å². The molecule has 1 aliphatic rings. The molecule has 1 aliphatic heterocycles. The Labute approximate surface area is 206 Å². The number of ether oxygens (including phenoxy) is 2. The minimum absolute atomic E-state index is 0.204. The highest BCUT2D eigenvalue weighted by molar-refractivity contribution is 8.26. The zero-order valence-electron chi connectivity index (χ0n) is 18.9. The molecule has 2 aromatic rings. The quantitative estimate of drug-likeness (QED) is 0.390. The van der Waals surface area contributed by atoms with Crippen molar-refractivity contribution in [3.8, 4) is 11.5 Å². The standard InChI is InChI=1S/C24H24N2O6S2/c1-4-17(23(29)30)32-18-11-10-15(12-19(18)31-5-2)13-20-22(28)26(24(33)34-20)25-21(27)16-9-7-6-8-14(16)3/h6-13,17H,4-5H2,1-3H3,(H,25,27)(H,29,30)/b20-13+. The Morgan fingerprint density at radius 1 is 1.21 bits per heavy atom. The van der Waals surface area contributed by atoms with Crippen LogP contribution in [0.5, 0.6) is 11.5 Å². The largest absolute Gasteiger partial charge is 0.490 e. The SMILES string of the molecule is CCOc1cc(/C=C2/SC(=S)N(NC(=O)c3ccccc3C)C2=O)ccc1OC(CC)C(=O)O. The zero-order chi connectivity index (χ0) is 24.8. The van der Waals surface area contributed by atoms with Gasteiger partial charge in [-0.15, -0.1) is 0 Å². The van der Waals surface area contributed by atoms with Gasteiger partial charge in [-0.1, -0.05) is 43.0 Å². The van der Waals surface area contributed by atoms with E-state index in [9.17, 15) is 19.5 Å². The third-order valence-corrected chi connectivity index (χ3v) is 6.18. The van der Waals surface area contributed by atoms with E-state index in [1.165, 1.54) is 0 Å². The number of hydrogen-bond donors (Lipinski definition) is 2. The van der Waals surface area contributed by atoms with Crippen molar-refractivity contribution in [2.75, 3.05) is 6.61 Å². The summed E-state index contributed by atoms with van der Waals surface area (Å²) in [6, 6.07) is 12.0. The van der Waals surface area contributed by atoms with Crippen molar-refractivity contribution >= 4 is 52.2 Å². The average molecular weight is 501 g/mol. The van der Waals surface area contributed by atoms with E-state index in [4.69, 9.17) is 21.7 Å². The topological polar surface area (TPSA) is 105 Å². The summed E-state index contributed by atoms with van der Waals surface area (Å²) in [5.74, 6) is -1.29. The minimum atomic E-state index is -1.06. The number of nitrogens with one attached hydrogen (secondary N) is 1. The van der Waals surface area contributed by atoms with E-state index in [0.29, 0.717) is 40.6 Å². The van der Waals surface area contributed by atoms with Crippen LogP contribution in [-0.4, -0.2) is 44.9 Å². The lowest BCUT2D eigenvalue weighted by Gasteiger charge is -2.17. The number of carboxylic acid groups (broad SMARTS) is 1. The zero-order valence-corrected chi connectivity index (χ0v) is 20.5. The molecule has 1 atom stereocenters. The minimum Gasteiger partial charge on any atom is -0.490 e. The number of thiocarbonyl (C=S) groups is 1. The van der Waals surface area contributed by atoms with Gasteiger partial charge in [-0.25, -0.2) is 4.79 Å². The highest BCUT2D eigenvalue weighted by Crippen LogP contribution is 2.35. The lowest BCUT2D eigenvalue weighted by molar-refractivity contribution is -0.145. The first kappa shape index (κ1) is 25.3. The summed E-state index contributed by atoms with van der Waals surface area (Å²) < 4.78 is 11.4. The van der Waals surface area contributed by atoms with Crippen LogP contribution in [0.3, 0.4) is 0 Å². The van der Waals surface area contributed by atoms with Crippen LogP contribution >= 0.6 is 24.0 Å².